The predicted molar refractivity (Wildman–Crippen MR) is 180 cm³/mol. The zero-order chi connectivity index (χ0) is 34.2. The standard InChI is InChI=1S/C36H49N5O6/c1-8-23(4)31-34(43)37-18-16-25-21-26(14-15-28(25)46-7)47-29-17-19-41(32(29)35(44)39-31)36(45)30(22(2)3)38-33(42)27(40(5)6)20-24-12-10-9-11-13-24/h9-16,18,21-23,27,29-32H,8,17,19-20H2,1-7H3,(H,37,43)(H,38,42)(H,39,44)/b18-16+/t23-,27+,29+,30+,31+,32+/m1/s1. The van der Waals surface area contributed by atoms with Gasteiger partial charge in [0, 0.05) is 24.7 Å². The molecule has 6 atom stereocenters. The summed E-state index contributed by atoms with van der Waals surface area (Å²) in [6, 6.07) is 11.7. The molecule has 2 aromatic rings. The van der Waals surface area contributed by atoms with Gasteiger partial charge in [-0.25, -0.2) is 0 Å². The van der Waals surface area contributed by atoms with Crippen LogP contribution in [0.3, 0.4) is 0 Å². The summed E-state index contributed by atoms with van der Waals surface area (Å²) < 4.78 is 11.9. The number of benzene rings is 2. The summed E-state index contributed by atoms with van der Waals surface area (Å²) in [4.78, 5) is 58.9. The second-order valence-corrected chi connectivity index (χ2v) is 12.9. The van der Waals surface area contributed by atoms with Gasteiger partial charge in [-0.2, -0.15) is 0 Å². The number of methoxy groups -OCH3 is 1. The van der Waals surface area contributed by atoms with Crippen LogP contribution in [0.4, 0.5) is 0 Å². The van der Waals surface area contributed by atoms with Crippen molar-refractivity contribution in [2.24, 2.45) is 11.8 Å². The van der Waals surface area contributed by atoms with Crippen LogP contribution in [-0.2, 0) is 25.6 Å². The van der Waals surface area contributed by atoms with Crippen LogP contribution in [0.25, 0.3) is 6.08 Å². The highest BCUT2D eigenvalue weighted by Crippen LogP contribution is 2.30. The minimum absolute atomic E-state index is 0.187. The number of hydrogen-bond acceptors (Lipinski definition) is 7. The number of likely N-dealkylation sites (N-methyl/N-ethyl adjacent to an activating group) is 1. The van der Waals surface area contributed by atoms with Gasteiger partial charge in [0.25, 0.3) is 0 Å². The van der Waals surface area contributed by atoms with E-state index in [4.69, 9.17) is 9.47 Å². The summed E-state index contributed by atoms with van der Waals surface area (Å²) in [5.41, 5.74) is 1.69. The molecule has 1 fully saturated rings. The van der Waals surface area contributed by atoms with Gasteiger partial charge in [-0.15, -0.1) is 0 Å². The Balaban J connectivity index is 1.66. The molecule has 47 heavy (non-hydrogen) atoms. The number of ether oxygens (including phenoxy) is 2. The average molecular weight is 648 g/mol. The van der Waals surface area contributed by atoms with Gasteiger partial charge in [-0.05, 0) is 62.2 Å². The second kappa shape index (κ2) is 15.9. The van der Waals surface area contributed by atoms with Crippen LogP contribution in [0.15, 0.2) is 54.7 Å². The third-order valence-electron chi connectivity index (χ3n) is 9.09. The van der Waals surface area contributed by atoms with E-state index < -0.39 is 36.2 Å². The van der Waals surface area contributed by atoms with Crippen molar-refractivity contribution in [1.29, 1.82) is 0 Å². The van der Waals surface area contributed by atoms with E-state index in [1.165, 1.54) is 11.1 Å². The fraction of sp³-hybridized carbons (Fsp3) is 0.500. The van der Waals surface area contributed by atoms with Crippen molar-refractivity contribution in [2.75, 3.05) is 27.7 Å². The predicted octanol–water partition coefficient (Wildman–Crippen LogP) is 2.99. The summed E-state index contributed by atoms with van der Waals surface area (Å²) in [5, 5.41) is 8.74. The topological polar surface area (TPSA) is 129 Å². The number of carbonyl (C=O) groups excluding carboxylic acids is 4. The maximum Gasteiger partial charge on any atom is 0.247 e. The molecular weight excluding hydrogens is 598 g/mol. The van der Waals surface area contributed by atoms with Crippen molar-refractivity contribution >= 4 is 29.7 Å². The molecule has 3 N–H and O–H groups in total. The number of hydrogen-bond donors (Lipinski definition) is 3. The third-order valence-corrected chi connectivity index (χ3v) is 9.09. The number of nitrogens with one attached hydrogen (secondary N) is 3. The summed E-state index contributed by atoms with van der Waals surface area (Å²) in [6.45, 7) is 7.82. The Morgan fingerprint density at radius 3 is 2.45 bits per heavy atom. The Bertz CT molecular complexity index is 1440. The van der Waals surface area contributed by atoms with Gasteiger partial charge in [-0.3, -0.25) is 24.1 Å². The molecule has 4 amide bonds. The summed E-state index contributed by atoms with van der Waals surface area (Å²) in [7, 11) is 5.23. The summed E-state index contributed by atoms with van der Waals surface area (Å²) >= 11 is 0. The number of carbonyl (C=O) groups is 4. The van der Waals surface area contributed by atoms with Crippen LogP contribution in [0, 0.1) is 11.8 Å². The zero-order valence-corrected chi connectivity index (χ0v) is 28.5. The lowest BCUT2D eigenvalue weighted by molar-refractivity contribution is -0.145. The van der Waals surface area contributed by atoms with Gasteiger partial charge >= 0.3 is 0 Å². The first kappa shape index (κ1) is 35.5. The fourth-order valence-electron chi connectivity index (χ4n) is 6.07. The maximum absolute atomic E-state index is 14.4. The molecule has 0 unspecified atom stereocenters. The smallest absolute Gasteiger partial charge is 0.247 e. The number of nitrogens with zero attached hydrogens (tertiary/aromatic N) is 2. The molecule has 11 nitrogen and oxygen atoms in total. The normalized spacial score (nSPS) is 22.3. The second-order valence-electron chi connectivity index (χ2n) is 12.9. The lowest BCUT2D eigenvalue weighted by atomic mass is 9.97. The van der Waals surface area contributed by atoms with Gasteiger partial charge in [0.05, 0.1) is 13.2 Å². The van der Waals surface area contributed by atoms with E-state index in [0.29, 0.717) is 36.3 Å². The lowest BCUT2D eigenvalue weighted by Crippen LogP contribution is -2.61. The molecule has 254 valence electrons. The van der Waals surface area contributed by atoms with Crippen molar-refractivity contribution < 1.29 is 28.7 Å². The number of likely N-dealkylation sites (tertiary alicyclic amines) is 1. The van der Waals surface area contributed by atoms with Gasteiger partial charge in [-0.1, -0.05) is 64.4 Å². The summed E-state index contributed by atoms with van der Waals surface area (Å²) in [5.74, 6) is -0.869. The first-order chi connectivity index (χ1) is 22.4. The van der Waals surface area contributed by atoms with Crippen LogP contribution < -0.4 is 25.4 Å². The highest BCUT2D eigenvalue weighted by atomic mass is 16.5. The molecule has 11 heteroatoms. The molecule has 0 radical (unpaired) electrons. The maximum atomic E-state index is 14.4. The monoisotopic (exact) mass is 647 g/mol. The van der Waals surface area contributed by atoms with Crippen molar-refractivity contribution in [2.45, 2.75) is 77.2 Å². The van der Waals surface area contributed by atoms with Crippen molar-refractivity contribution in [3.05, 3.63) is 65.9 Å². The Hall–Kier alpha value is -4.38. The van der Waals surface area contributed by atoms with Crippen LogP contribution in [-0.4, -0.2) is 91.4 Å². The molecule has 2 bridgehead atoms. The molecule has 0 spiro atoms. The average Bonchev–Trinajstić information content (AvgIpc) is 3.47. The minimum Gasteiger partial charge on any atom is -0.496 e. The van der Waals surface area contributed by atoms with Crippen molar-refractivity contribution in [3.63, 3.8) is 0 Å². The van der Waals surface area contributed by atoms with E-state index in [1.807, 2.05) is 77.0 Å². The molecule has 0 saturated carbocycles. The molecule has 2 heterocycles. The zero-order valence-electron chi connectivity index (χ0n) is 28.5. The Labute approximate surface area is 278 Å². The molecule has 0 aliphatic carbocycles. The van der Waals surface area contributed by atoms with E-state index in [-0.39, 0.29) is 36.1 Å². The summed E-state index contributed by atoms with van der Waals surface area (Å²) in [6.07, 6.45) is 4.04. The first-order valence-corrected chi connectivity index (χ1v) is 16.4. The van der Waals surface area contributed by atoms with Crippen LogP contribution in [0.1, 0.15) is 51.7 Å². The molecule has 2 aliphatic heterocycles. The minimum atomic E-state index is -1.03. The fourth-order valence-corrected chi connectivity index (χ4v) is 6.07. The Kier molecular flexibility index (Phi) is 12.0. The van der Waals surface area contributed by atoms with E-state index in [0.717, 1.165) is 5.56 Å². The highest BCUT2D eigenvalue weighted by Gasteiger charge is 2.47. The quantitative estimate of drug-likeness (QED) is 0.362. The van der Waals surface area contributed by atoms with E-state index in [1.54, 1.807) is 31.4 Å². The third kappa shape index (κ3) is 8.51. The molecule has 4 rings (SSSR count). The van der Waals surface area contributed by atoms with Crippen LogP contribution >= 0.6 is 0 Å². The lowest BCUT2D eigenvalue weighted by Gasteiger charge is -2.34. The van der Waals surface area contributed by atoms with Crippen molar-refractivity contribution in [3.8, 4) is 11.5 Å². The largest absolute Gasteiger partial charge is 0.496 e. The Morgan fingerprint density at radius 2 is 1.81 bits per heavy atom. The van der Waals surface area contributed by atoms with Gasteiger partial charge in [0.15, 0.2) is 0 Å². The number of amides is 4. The van der Waals surface area contributed by atoms with E-state index in [2.05, 4.69) is 16.0 Å². The molecule has 1 saturated heterocycles. The SMILES string of the molecule is CC[C@@H](C)[C@@H]1NC(=O)[C@@H]2[C@H](CCN2C(=O)[C@@H](NC(=O)[C@H](Cc2ccccc2)N(C)C)C(C)C)Oc2ccc(OC)c(c2)/C=C/NC1=O. The van der Waals surface area contributed by atoms with Gasteiger partial charge < -0.3 is 30.3 Å². The Morgan fingerprint density at radius 1 is 1.09 bits per heavy atom. The van der Waals surface area contributed by atoms with Gasteiger partial charge in [0.2, 0.25) is 23.6 Å². The molecule has 2 aromatic carbocycles. The first-order valence-electron chi connectivity index (χ1n) is 16.4. The number of fused-ring (bicyclic) bond motifs is 3. The highest BCUT2D eigenvalue weighted by molar-refractivity contribution is 5.96. The van der Waals surface area contributed by atoms with E-state index >= 15 is 0 Å². The van der Waals surface area contributed by atoms with Gasteiger partial charge in [0.1, 0.15) is 35.7 Å². The van der Waals surface area contributed by atoms with E-state index in [9.17, 15) is 19.2 Å². The van der Waals surface area contributed by atoms with Crippen molar-refractivity contribution in [1.82, 2.24) is 25.8 Å². The molecule has 2 aliphatic rings. The molecular formula is C36H49N5O6. The van der Waals surface area contributed by atoms with Crippen LogP contribution in [0.5, 0.6) is 11.5 Å². The molecule has 0 aromatic heterocycles. The number of rotatable bonds is 10. The van der Waals surface area contributed by atoms with Crippen LogP contribution in [0.2, 0.25) is 0 Å².